The molecule has 70 valence electrons. The topological polar surface area (TPSA) is 30.2 Å². The smallest absolute Gasteiger partial charge is 0.197 e. The van der Waals surface area contributed by atoms with Gasteiger partial charge in [0.25, 0.3) is 0 Å². The van der Waals surface area contributed by atoms with Gasteiger partial charge in [-0.2, -0.15) is 0 Å². The van der Waals surface area contributed by atoms with Gasteiger partial charge in [-0.3, -0.25) is 4.79 Å². The van der Waals surface area contributed by atoms with Gasteiger partial charge in [0.2, 0.25) is 0 Å². The second-order valence-electron chi connectivity index (χ2n) is 2.82. The second kappa shape index (κ2) is 3.96. The summed E-state index contributed by atoms with van der Waals surface area (Å²) in [5.41, 5.74) is 1.31. The molecule has 0 saturated heterocycles. The minimum absolute atomic E-state index is 0.00347. The number of halogens is 1. The monoisotopic (exact) mass is 298 g/mol. The number of carbonyl (C=O) groups excluding carboxylic acids is 1. The van der Waals surface area contributed by atoms with Gasteiger partial charge >= 0.3 is 0 Å². The number of furan rings is 1. The van der Waals surface area contributed by atoms with Gasteiger partial charge in [0, 0.05) is 9.13 Å². The molecular formula is C11H7IO2. The zero-order chi connectivity index (χ0) is 9.97. The molecule has 1 aromatic carbocycles. The highest BCUT2D eigenvalue weighted by molar-refractivity contribution is 14.1. The SMILES string of the molecule is O=C(c1ccoc1)c1ccccc1I. The molecule has 0 saturated carbocycles. The van der Waals surface area contributed by atoms with Crippen LogP contribution < -0.4 is 0 Å². The Morgan fingerprint density at radius 2 is 2.00 bits per heavy atom. The summed E-state index contributed by atoms with van der Waals surface area (Å²) in [6, 6.07) is 9.17. The number of rotatable bonds is 2. The van der Waals surface area contributed by atoms with Crippen molar-refractivity contribution in [3.8, 4) is 0 Å². The summed E-state index contributed by atoms with van der Waals surface area (Å²) in [5.74, 6) is 0.00347. The highest BCUT2D eigenvalue weighted by atomic mass is 127. The lowest BCUT2D eigenvalue weighted by molar-refractivity contribution is 0.103. The molecule has 2 nitrogen and oxygen atoms in total. The van der Waals surface area contributed by atoms with E-state index in [1.54, 1.807) is 6.07 Å². The van der Waals surface area contributed by atoms with Gasteiger partial charge in [-0.25, -0.2) is 0 Å². The van der Waals surface area contributed by atoms with Crippen molar-refractivity contribution >= 4 is 28.4 Å². The third-order valence-electron chi connectivity index (χ3n) is 1.90. The first-order valence-corrected chi connectivity index (χ1v) is 5.18. The Morgan fingerprint density at radius 3 is 2.64 bits per heavy atom. The molecular weight excluding hydrogens is 291 g/mol. The molecule has 0 bridgehead atoms. The maximum absolute atomic E-state index is 11.9. The maximum Gasteiger partial charge on any atom is 0.197 e. The molecule has 0 unspecified atom stereocenters. The first-order valence-electron chi connectivity index (χ1n) is 4.10. The highest BCUT2D eigenvalue weighted by Gasteiger charge is 2.12. The fourth-order valence-corrected chi connectivity index (χ4v) is 1.83. The van der Waals surface area contributed by atoms with Gasteiger partial charge in [0.1, 0.15) is 6.26 Å². The second-order valence-corrected chi connectivity index (χ2v) is 3.98. The van der Waals surface area contributed by atoms with Crippen molar-refractivity contribution in [2.75, 3.05) is 0 Å². The van der Waals surface area contributed by atoms with E-state index < -0.39 is 0 Å². The van der Waals surface area contributed by atoms with E-state index in [-0.39, 0.29) is 5.78 Å². The molecule has 0 radical (unpaired) electrons. The van der Waals surface area contributed by atoms with Gasteiger partial charge in [-0.1, -0.05) is 12.1 Å². The molecule has 0 spiro atoms. The van der Waals surface area contributed by atoms with Crippen molar-refractivity contribution in [2.24, 2.45) is 0 Å². The fourth-order valence-electron chi connectivity index (χ4n) is 1.19. The lowest BCUT2D eigenvalue weighted by Gasteiger charge is -1.99. The molecule has 2 aromatic rings. The third-order valence-corrected chi connectivity index (χ3v) is 2.84. The summed E-state index contributed by atoms with van der Waals surface area (Å²) >= 11 is 2.15. The molecule has 0 atom stereocenters. The lowest BCUT2D eigenvalue weighted by Crippen LogP contribution is -2.01. The van der Waals surface area contributed by atoms with E-state index in [2.05, 4.69) is 22.6 Å². The van der Waals surface area contributed by atoms with Gasteiger partial charge in [-0.15, -0.1) is 0 Å². The summed E-state index contributed by atoms with van der Waals surface area (Å²) < 4.78 is 5.83. The Bertz CT molecular complexity index is 446. The van der Waals surface area contributed by atoms with Crippen molar-refractivity contribution in [3.05, 3.63) is 57.6 Å². The molecule has 3 heteroatoms. The van der Waals surface area contributed by atoms with E-state index in [4.69, 9.17) is 4.42 Å². The Morgan fingerprint density at radius 1 is 1.21 bits per heavy atom. The Hall–Kier alpha value is -1.10. The Labute approximate surface area is 95.1 Å². The standard InChI is InChI=1S/C11H7IO2/c12-10-4-2-1-3-9(10)11(13)8-5-6-14-7-8/h1-7H. The molecule has 0 N–H and O–H groups in total. The van der Waals surface area contributed by atoms with Gasteiger partial charge < -0.3 is 4.42 Å². The number of hydrogen-bond acceptors (Lipinski definition) is 2. The van der Waals surface area contributed by atoms with Crippen molar-refractivity contribution < 1.29 is 9.21 Å². The molecule has 14 heavy (non-hydrogen) atoms. The van der Waals surface area contributed by atoms with Crippen LogP contribution in [0.15, 0.2) is 47.3 Å². The number of hydrogen-bond donors (Lipinski definition) is 0. The molecule has 0 fully saturated rings. The minimum atomic E-state index is 0.00347. The van der Waals surface area contributed by atoms with Crippen LogP contribution in [-0.2, 0) is 0 Å². The molecule has 1 aromatic heterocycles. The van der Waals surface area contributed by atoms with Crippen LogP contribution in [0.3, 0.4) is 0 Å². The zero-order valence-electron chi connectivity index (χ0n) is 7.24. The van der Waals surface area contributed by atoms with Crippen LogP contribution in [0, 0.1) is 3.57 Å². The summed E-state index contributed by atoms with van der Waals surface area (Å²) in [7, 11) is 0. The fraction of sp³-hybridized carbons (Fsp3) is 0. The minimum Gasteiger partial charge on any atom is -0.472 e. The van der Waals surface area contributed by atoms with E-state index in [1.165, 1.54) is 12.5 Å². The van der Waals surface area contributed by atoms with Crippen LogP contribution in [0.1, 0.15) is 15.9 Å². The van der Waals surface area contributed by atoms with Crippen LogP contribution in [0.4, 0.5) is 0 Å². The van der Waals surface area contributed by atoms with Crippen molar-refractivity contribution in [1.82, 2.24) is 0 Å². The van der Waals surface area contributed by atoms with E-state index in [9.17, 15) is 4.79 Å². The first kappa shape index (κ1) is 9.45. The molecule has 0 aliphatic heterocycles. The molecule has 0 aliphatic rings. The summed E-state index contributed by atoms with van der Waals surface area (Å²) in [6.45, 7) is 0. The van der Waals surface area contributed by atoms with Crippen LogP contribution in [-0.4, -0.2) is 5.78 Å². The average Bonchev–Trinajstić information content (AvgIpc) is 2.70. The van der Waals surface area contributed by atoms with Gasteiger partial charge in [0.05, 0.1) is 11.8 Å². The summed E-state index contributed by atoms with van der Waals surface area (Å²) in [5, 5.41) is 0. The number of benzene rings is 1. The Kier molecular flexibility index (Phi) is 2.67. The largest absolute Gasteiger partial charge is 0.472 e. The first-order chi connectivity index (χ1) is 6.79. The van der Waals surface area contributed by atoms with Gasteiger partial charge in [-0.05, 0) is 40.8 Å². The lowest BCUT2D eigenvalue weighted by atomic mass is 10.1. The predicted molar refractivity (Wildman–Crippen MR) is 61.3 cm³/mol. The van der Waals surface area contributed by atoms with Crippen LogP contribution >= 0.6 is 22.6 Å². The normalized spacial score (nSPS) is 10.1. The summed E-state index contributed by atoms with van der Waals surface area (Å²) in [6.07, 6.45) is 2.97. The highest BCUT2D eigenvalue weighted by Crippen LogP contribution is 2.16. The maximum atomic E-state index is 11.9. The van der Waals surface area contributed by atoms with Crippen molar-refractivity contribution in [1.29, 1.82) is 0 Å². The molecule has 1 heterocycles. The van der Waals surface area contributed by atoms with Crippen LogP contribution in [0.25, 0.3) is 0 Å². The number of ketones is 1. The van der Waals surface area contributed by atoms with Gasteiger partial charge in [0.15, 0.2) is 5.78 Å². The van der Waals surface area contributed by atoms with Crippen LogP contribution in [0.5, 0.6) is 0 Å². The van der Waals surface area contributed by atoms with E-state index >= 15 is 0 Å². The number of carbonyl (C=O) groups is 1. The molecule has 0 aliphatic carbocycles. The third kappa shape index (κ3) is 1.72. The molecule has 2 rings (SSSR count). The summed E-state index contributed by atoms with van der Waals surface area (Å²) in [4.78, 5) is 11.9. The van der Waals surface area contributed by atoms with E-state index in [0.29, 0.717) is 5.56 Å². The van der Waals surface area contributed by atoms with Crippen LogP contribution in [0.2, 0.25) is 0 Å². The van der Waals surface area contributed by atoms with Crippen molar-refractivity contribution in [2.45, 2.75) is 0 Å². The van der Waals surface area contributed by atoms with Crippen molar-refractivity contribution in [3.63, 3.8) is 0 Å². The predicted octanol–water partition coefficient (Wildman–Crippen LogP) is 3.12. The van der Waals surface area contributed by atoms with E-state index in [0.717, 1.165) is 9.13 Å². The molecule has 0 amide bonds. The average molecular weight is 298 g/mol. The Balaban J connectivity index is 2.42. The zero-order valence-corrected chi connectivity index (χ0v) is 9.39. The van der Waals surface area contributed by atoms with E-state index in [1.807, 2.05) is 24.3 Å². The quantitative estimate of drug-likeness (QED) is 0.630.